The zero-order valence-corrected chi connectivity index (χ0v) is 13.7. The lowest BCUT2D eigenvalue weighted by Gasteiger charge is -2.04. The Morgan fingerprint density at radius 1 is 1.04 bits per heavy atom. The summed E-state index contributed by atoms with van der Waals surface area (Å²) in [5, 5.41) is 4.53. The van der Waals surface area contributed by atoms with Crippen LogP contribution in [-0.2, 0) is 0 Å². The normalized spacial score (nSPS) is 10.8. The van der Waals surface area contributed by atoms with Crippen molar-refractivity contribution in [3.63, 3.8) is 0 Å². The number of ether oxygens (including phenoxy) is 1. The molecule has 1 aromatic heterocycles. The Hall–Kier alpha value is -2.92. The van der Waals surface area contributed by atoms with Crippen LogP contribution in [0.3, 0.4) is 0 Å². The van der Waals surface area contributed by atoms with Crippen molar-refractivity contribution in [2.24, 2.45) is 5.10 Å². The van der Waals surface area contributed by atoms with Crippen molar-refractivity contribution in [1.29, 1.82) is 0 Å². The minimum Gasteiger partial charge on any atom is -0.497 e. The van der Waals surface area contributed by atoms with Crippen LogP contribution in [0.4, 0.5) is 5.82 Å². The third-order valence-electron chi connectivity index (χ3n) is 3.24. The Labute approximate surface area is 145 Å². The van der Waals surface area contributed by atoms with E-state index in [0.29, 0.717) is 16.8 Å². The summed E-state index contributed by atoms with van der Waals surface area (Å²) < 4.78 is 5.12. The SMILES string of the molecule is COc1ccc(/C=N\Nc2cc(Cl)nc(-c3ccccc3)n2)cc1. The minimum atomic E-state index is 0.353. The average molecular weight is 339 g/mol. The molecule has 0 fully saturated rings. The molecule has 0 saturated heterocycles. The van der Waals surface area contributed by atoms with E-state index in [9.17, 15) is 0 Å². The van der Waals surface area contributed by atoms with Gasteiger partial charge in [-0.15, -0.1) is 0 Å². The fourth-order valence-corrected chi connectivity index (χ4v) is 2.24. The van der Waals surface area contributed by atoms with Crippen molar-refractivity contribution in [2.45, 2.75) is 0 Å². The summed E-state index contributed by atoms with van der Waals surface area (Å²) in [6.07, 6.45) is 1.69. The van der Waals surface area contributed by atoms with Crippen LogP contribution in [0.25, 0.3) is 11.4 Å². The zero-order valence-electron chi connectivity index (χ0n) is 13.0. The van der Waals surface area contributed by atoms with Crippen LogP contribution in [0.1, 0.15) is 5.56 Å². The van der Waals surface area contributed by atoms with Crippen LogP contribution >= 0.6 is 11.6 Å². The molecule has 0 saturated carbocycles. The molecule has 1 N–H and O–H groups in total. The number of nitrogens with one attached hydrogen (secondary N) is 1. The van der Waals surface area contributed by atoms with Crippen LogP contribution in [0.15, 0.2) is 65.8 Å². The first kappa shape index (κ1) is 16.0. The number of hydrogen-bond acceptors (Lipinski definition) is 5. The highest BCUT2D eigenvalue weighted by atomic mass is 35.5. The monoisotopic (exact) mass is 338 g/mol. The van der Waals surface area contributed by atoms with E-state index in [2.05, 4.69) is 20.5 Å². The summed E-state index contributed by atoms with van der Waals surface area (Å²) in [5.41, 5.74) is 4.70. The molecule has 0 aliphatic carbocycles. The minimum absolute atomic E-state index is 0.353. The third-order valence-corrected chi connectivity index (χ3v) is 3.43. The van der Waals surface area contributed by atoms with E-state index in [4.69, 9.17) is 16.3 Å². The second-order valence-corrected chi connectivity index (χ2v) is 5.30. The first-order valence-corrected chi connectivity index (χ1v) is 7.65. The maximum atomic E-state index is 6.07. The molecule has 0 aliphatic heterocycles. The molecule has 0 radical (unpaired) electrons. The first-order valence-electron chi connectivity index (χ1n) is 7.28. The Balaban J connectivity index is 1.75. The van der Waals surface area contributed by atoms with E-state index in [1.165, 1.54) is 0 Å². The van der Waals surface area contributed by atoms with Gasteiger partial charge in [-0.05, 0) is 29.8 Å². The number of aromatic nitrogens is 2. The Kier molecular flexibility index (Phi) is 5.03. The van der Waals surface area contributed by atoms with Crippen molar-refractivity contribution < 1.29 is 4.74 Å². The molecule has 3 aromatic rings. The summed E-state index contributed by atoms with van der Waals surface area (Å²) in [6, 6.07) is 18.8. The standard InChI is InChI=1S/C18H15ClN4O/c1-24-15-9-7-13(8-10-15)12-20-23-17-11-16(19)21-18(22-17)14-5-3-2-4-6-14/h2-12H,1H3,(H,21,22,23)/b20-12-. The predicted octanol–water partition coefficient (Wildman–Crippen LogP) is 4.25. The number of anilines is 1. The Bertz CT molecular complexity index is 835. The van der Waals surface area contributed by atoms with Crippen molar-refractivity contribution in [3.05, 3.63) is 71.4 Å². The van der Waals surface area contributed by atoms with Gasteiger partial charge in [-0.2, -0.15) is 5.10 Å². The maximum Gasteiger partial charge on any atom is 0.163 e. The van der Waals surface area contributed by atoms with Gasteiger partial charge in [0.05, 0.1) is 13.3 Å². The second kappa shape index (κ2) is 7.57. The van der Waals surface area contributed by atoms with Crippen LogP contribution in [0.5, 0.6) is 5.75 Å². The molecule has 1 heterocycles. The largest absolute Gasteiger partial charge is 0.497 e. The Morgan fingerprint density at radius 3 is 2.50 bits per heavy atom. The van der Waals surface area contributed by atoms with Crippen LogP contribution < -0.4 is 10.2 Å². The topological polar surface area (TPSA) is 59.4 Å². The smallest absolute Gasteiger partial charge is 0.163 e. The molecule has 0 unspecified atom stereocenters. The molecular formula is C18H15ClN4O. The van der Waals surface area contributed by atoms with Crippen LogP contribution in [0.2, 0.25) is 5.15 Å². The summed E-state index contributed by atoms with van der Waals surface area (Å²) in [5.74, 6) is 1.87. The highest BCUT2D eigenvalue weighted by Crippen LogP contribution is 2.20. The number of hydrogen-bond donors (Lipinski definition) is 1. The second-order valence-electron chi connectivity index (χ2n) is 4.91. The highest BCUT2D eigenvalue weighted by Gasteiger charge is 2.05. The van der Waals surface area contributed by atoms with Crippen LogP contribution in [-0.4, -0.2) is 23.3 Å². The molecule has 0 bridgehead atoms. The fraction of sp³-hybridized carbons (Fsp3) is 0.0556. The summed E-state index contributed by atoms with van der Waals surface area (Å²) in [7, 11) is 1.63. The van der Waals surface area contributed by atoms with Gasteiger partial charge in [-0.3, -0.25) is 5.43 Å². The average Bonchev–Trinajstić information content (AvgIpc) is 2.63. The van der Waals surface area contributed by atoms with Gasteiger partial charge in [0.25, 0.3) is 0 Å². The van der Waals surface area contributed by atoms with E-state index in [1.54, 1.807) is 19.4 Å². The van der Waals surface area contributed by atoms with E-state index < -0.39 is 0 Å². The van der Waals surface area contributed by atoms with E-state index in [0.717, 1.165) is 16.9 Å². The van der Waals surface area contributed by atoms with Crippen molar-refractivity contribution >= 4 is 23.6 Å². The third kappa shape index (κ3) is 4.08. The molecule has 2 aromatic carbocycles. The van der Waals surface area contributed by atoms with E-state index in [1.807, 2.05) is 54.6 Å². The maximum absolute atomic E-state index is 6.07. The number of rotatable bonds is 5. The van der Waals surface area contributed by atoms with Gasteiger partial charge in [0.1, 0.15) is 10.9 Å². The molecule has 0 amide bonds. The van der Waals surface area contributed by atoms with Gasteiger partial charge in [-0.25, -0.2) is 9.97 Å². The number of hydrazone groups is 1. The lowest BCUT2D eigenvalue weighted by molar-refractivity contribution is 0.415. The van der Waals surface area contributed by atoms with Gasteiger partial charge in [0.2, 0.25) is 0 Å². The zero-order chi connectivity index (χ0) is 16.8. The van der Waals surface area contributed by atoms with Crippen LogP contribution in [0, 0.1) is 0 Å². The summed E-state index contributed by atoms with van der Waals surface area (Å²) in [4.78, 5) is 8.66. The number of methoxy groups -OCH3 is 1. The Morgan fingerprint density at radius 2 is 1.79 bits per heavy atom. The molecule has 0 atom stereocenters. The molecular weight excluding hydrogens is 324 g/mol. The predicted molar refractivity (Wildman–Crippen MR) is 96.7 cm³/mol. The van der Waals surface area contributed by atoms with Crippen molar-refractivity contribution in [1.82, 2.24) is 9.97 Å². The lowest BCUT2D eigenvalue weighted by atomic mass is 10.2. The molecule has 24 heavy (non-hydrogen) atoms. The van der Waals surface area contributed by atoms with Gasteiger partial charge in [-0.1, -0.05) is 41.9 Å². The van der Waals surface area contributed by atoms with Gasteiger partial charge >= 0.3 is 0 Å². The summed E-state index contributed by atoms with van der Waals surface area (Å²) >= 11 is 6.07. The molecule has 3 rings (SSSR count). The lowest BCUT2D eigenvalue weighted by Crippen LogP contribution is -1.97. The van der Waals surface area contributed by atoms with E-state index >= 15 is 0 Å². The quantitative estimate of drug-likeness (QED) is 0.429. The highest BCUT2D eigenvalue weighted by molar-refractivity contribution is 6.29. The van der Waals surface area contributed by atoms with E-state index in [-0.39, 0.29) is 0 Å². The summed E-state index contributed by atoms with van der Waals surface area (Å²) in [6.45, 7) is 0. The molecule has 0 aliphatic rings. The van der Waals surface area contributed by atoms with Gasteiger partial charge < -0.3 is 4.74 Å². The molecule has 6 heteroatoms. The van der Waals surface area contributed by atoms with Crippen molar-refractivity contribution in [2.75, 3.05) is 12.5 Å². The number of nitrogens with zero attached hydrogens (tertiary/aromatic N) is 3. The van der Waals surface area contributed by atoms with Crippen molar-refractivity contribution in [3.8, 4) is 17.1 Å². The van der Waals surface area contributed by atoms with Gasteiger partial charge in [0.15, 0.2) is 11.6 Å². The van der Waals surface area contributed by atoms with Gasteiger partial charge in [0, 0.05) is 11.6 Å². The first-order chi connectivity index (χ1) is 11.7. The number of halogens is 1. The fourth-order valence-electron chi connectivity index (χ4n) is 2.05. The molecule has 120 valence electrons. The number of benzene rings is 2. The molecule has 0 spiro atoms. The molecule has 5 nitrogen and oxygen atoms in total.